The number of hydrogen-bond acceptors (Lipinski definition) is 1. The van der Waals surface area contributed by atoms with E-state index in [1.807, 2.05) is 31.2 Å². The van der Waals surface area contributed by atoms with E-state index in [9.17, 15) is 9.46 Å². The van der Waals surface area contributed by atoms with Crippen molar-refractivity contribution in [1.82, 2.24) is 0 Å². The quantitative estimate of drug-likeness (QED) is 0.772. The molecule has 0 saturated carbocycles. The Labute approximate surface area is 105 Å². The molecular weight excluding hydrogens is 231 g/mol. The van der Waals surface area contributed by atoms with Crippen LogP contribution in [0, 0.1) is 12.8 Å². The maximum atomic E-state index is 12.1. The summed E-state index contributed by atoms with van der Waals surface area (Å²) in [5.41, 5.74) is 2.14. The van der Waals surface area contributed by atoms with Crippen LogP contribution in [-0.2, 0) is 10.7 Å². The summed E-state index contributed by atoms with van der Waals surface area (Å²) in [7, 11) is -3.02. The first-order valence-corrected chi connectivity index (χ1v) is 8.32. The molecule has 0 aliphatic heterocycles. The van der Waals surface area contributed by atoms with Gasteiger partial charge in [0.25, 0.3) is 0 Å². The summed E-state index contributed by atoms with van der Waals surface area (Å²) in [6.07, 6.45) is 2.85. The molecule has 1 rings (SSSR count). The second-order valence-electron chi connectivity index (χ2n) is 5.07. The van der Waals surface area contributed by atoms with Gasteiger partial charge in [0.1, 0.15) is 0 Å². The summed E-state index contributed by atoms with van der Waals surface area (Å²) in [5, 5.41) is 0. The minimum Gasteiger partial charge on any atom is -0.344 e. The molecule has 0 heterocycles. The Morgan fingerprint density at radius 2 is 1.88 bits per heavy atom. The molecule has 0 bridgehead atoms. The van der Waals surface area contributed by atoms with Gasteiger partial charge in [-0.15, -0.1) is 0 Å². The van der Waals surface area contributed by atoms with Crippen molar-refractivity contribution in [3.8, 4) is 0 Å². The first-order valence-electron chi connectivity index (χ1n) is 6.29. The maximum Gasteiger partial charge on any atom is 0.205 e. The minimum absolute atomic E-state index is 0.307. The van der Waals surface area contributed by atoms with Crippen molar-refractivity contribution in [1.29, 1.82) is 0 Å². The van der Waals surface area contributed by atoms with Crippen molar-refractivity contribution in [3.63, 3.8) is 0 Å². The Hall–Kier alpha value is -0.590. The Bertz CT molecular complexity index is 384. The van der Waals surface area contributed by atoms with Gasteiger partial charge in [0.15, 0.2) is 0 Å². The highest BCUT2D eigenvalue weighted by molar-refractivity contribution is 7.57. The first-order chi connectivity index (χ1) is 7.93. The predicted octanol–water partition coefficient (Wildman–Crippen LogP) is 4.20. The summed E-state index contributed by atoms with van der Waals surface area (Å²) in [6.45, 7) is 6.19. The molecule has 0 fully saturated rings. The predicted molar refractivity (Wildman–Crippen MR) is 73.6 cm³/mol. The van der Waals surface area contributed by atoms with Crippen molar-refractivity contribution in [2.75, 3.05) is 6.16 Å². The van der Waals surface area contributed by atoms with Crippen LogP contribution in [0.15, 0.2) is 24.3 Å². The maximum absolute atomic E-state index is 12.1. The molecule has 0 spiro atoms. The van der Waals surface area contributed by atoms with Gasteiger partial charge in [-0.05, 0) is 18.4 Å². The molecule has 2 unspecified atom stereocenters. The summed E-state index contributed by atoms with van der Waals surface area (Å²) in [5.74, 6) is 0.335. The molecule has 0 amide bonds. The molecule has 96 valence electrons. The number of rotatable bonds is 6. The monoisotopic (exact) mass is 254 g/mol. The third-order valence-corrected chi connectivity index (χ3v) is 4.98. The van der Waals surface area contributed by atoms with Crippen LogP contribution in [0.1, 0.15) is 37.8 Å². The molecule has 2 nitrogen and oxygen atoms in total. The largest absolute Gasteiger partial charge is 0.344 e. The van der Waals surface area contributed by atoms with Crippen LogP contribution in [0.5, 0.6) is 0 Å². The summed E-state index contributed by atoms with van der Waals surface area (Å²) >= 11 is 0. The van der Waals surface area contributed by atoms with Crippen molar-refractivity contribution in [2.45, 2.75) is 39.8 Å². The van der Waals surface area contributed by atoms with E-state index in [0.29, 0.717) is 18.2 Å². The standard InChI is InChI=1S/C14H23O2P/c1-4-5-13(3)10-17(15,16)11-14-8-6-12(2)7-9-14/h6-9,13H,4-5,10-11H2,1-3H3,(H,15,16). The van der Waals surface area contributed by atoms with E-state index in [0.717, 1.165) is 18.4 Å². The molecule has 0 saturated heterocycles. The second-order valence-corrected chi connectivity index (χ2v) is 7.44. The minimum atomic E-state index is -3.02. The number of benzene rings is 1. The van der Waals surface area contributed by atoms with Gasteiger partial charge in [0, 0.05) is 12.3 Å². The van der Waals surface area contributed by atoms with Gasteiger partial charge in [-0.2, -0.15) is 0 Å². The van der Waals surface area contributed by atoms with Gasteiger partial charge in [-0.25, -0.2) is 0 Å². The molecule has 1 aromatic rings. The van der Waals surface area contributed by atoms with Crippen molar-refractivity contribution in [3.05, 3.63) is 35.4 Å². The van der Waals surface area contributed by atoms with E-state index >= 15 is 0 Å². The lowest BCUT2D eigenvalue weighted by Gasteiger charge is -2.16. The second kappa shape index (κ2) is 6.37. The lowest BCUT2D eigenvalue weighted by atomic mass is 10.1. The fraction of sp³-hybridized carbons (Fsp3) is 0.571. The molecular formula is C14H23O2P. The summed E-state index contributed by atoms with van der Waals surface area (Å²) < 4.78 is 12.1. The van der Waals surface area contributed by atoms with E-state index in [-0.39, 0.29) is 0 Å². The Balaban J connectivity index is 2.59. The SMILES string of the molecule is CCCC(C)CP(=O)(O)Cc1ccc(C)cc1. The van der Waals surface area contributed by atoms with E-state index < -0.39 is 7.37 Å². The van der Waals surface area contributed by atoms with Crippen molar-refractivity contribution in [2.24, 2.45) is 5.92 Å². The summed E-state index contributed by atoms with van der Waals surface area (Å²) in [4.78, 5) is 9.99. The molecule has 0 aliphatic carbocycles. The normalized spacial score (nSPS) is 16.5. The Kier molecular flexibility index (Phi) is 5.42. The van der Waals surface area contributed by atoms with E-state index in [1.165, 1.54) is 5.56 Å². The first kappa shape index (κ1) is 14.5. The zero-order chi connectivity index (χ0) is 12.9. The van der Waals surface area contributed by atoms with Crippen LogP contribution in [-0.4, -0.2) is 11.1 Å². The van der Waals surface area contributed by atoms with Crippen LogP contribution in [0.25, 0.3) is 0 Å². The fourth-order valence-corrected chi connectivity index (χ4v) is 4.18. The molecule has 0 radical (unpaired) electrons. The van der Waals surface area contributed by atoms with Gasteiger partial charge < -0.3 is 4.89 Å². The zero-order valence-corrected chi connectivity index (χ0v) is 11.9. The average Bonchev–Trinajstić information content (AvgIpc) is 2.20. The van der Waals surface area contributed by atoms with E-state index in [2.05, 4.69) is 13.8 Å². The lowest BCUT2D eigenvalue weighted by Crippen LogP contribution is -2.03. The van der Waals surface area contributed by atoms with Crippen LogP contribution in [0.2, 0.25) is 0 Å². The molecule has 3 heteroatoms. The van der Waals surface area contributed by atoms with Gasteiger partial charge in [-0.1, -0.05) is 56.5 Å². The lowest BCUT2D eigenvalue weighted by molar-refractivity contribution is 0.457. The van der Waals surface area contributed by atoms with Gasteiger partial charge in [0.2, 0.25) is 7.37 Å². The highest BCUT2D eigenvalue weighted by atomic mass is 31.2. The van der Waals surface area contributed by atoms with E-state index in [4.69, 9.17) is 0 Å². The zero-order valence-electron chi connectivity index (χ0n) is 11.0. The highest BCUT2D eigenvalue weighted by Crippen LogP contribution is 2.46. The van der Waals surface area contributed by atoms with Gasteiger partial charge in [0.05, 0.1) is 0 Å². The topological polar surface area (TPSA) is 37.3 Å². The number of aryl methyl sites for hydroxylation is 1. The van der Waals surface area contributed by atoms with Gasteiger partial charge >= 0.3 is 0 Å². The fourth-order valence-electron chi connectivity index (χ4n) is 2.11. The molecule has 2 atom stereocenters. The third-order valence-electron chi connectivity index (χ3n) is 2.93. The summed E-state index contributed by atoms with van der Waals surface area (Å²) in [6, 6.07) is 7.88. The molecule has 1 N–H and O–H groups in total. The van der Waals surface area contributed by atoms with Crippen LogP contribution >= 0.6 is 7.37 Å². The van der Waals surface area contributed by atoms with Crippen molar-refractivity contribution < 1.29 is 9.46 Å². The highest BCUT2D eigenvalue weighted by Gasteiger charge is 2.21. The number of hydrogen-bond donors (Lipinski definition) is 1. The smallest absolute Gasteiger partial charge is 0.205 e. The Morgan fingerprint density at radius 3 is 2.41 bits per heavy atom. The van der Waals surface area contributed by atoms with E-state index in [1.54, 1.807) is 0 Å². The van der Waals surface area contributed by atoms with Crippen LogP contribution in [0.3, 0.4) is 0 Å². The van der Waals surface area contributed by atoms with Crippen molar-refractivity contribution >= 4 is 7.37 Å². The molecule has 1 aromatic carbocycles. The third kappa shape index (κ3) is 5.52. The molecule has 0 aromatic heterocycles. The molecule has 0 aliphatic rings. The molecule has 17 heavy (non-hydrogen) atoms. The van der Waals surface area contributed by atoms with Gasteiger partial charge in [-0.3, -0.25) is 4.57 Å². The van der Waals surface area contributed by atoms with Crippen LogP contribution in [0.4, 0.5) is 0 Å². The average molecular weight is 254 g/mol. The Morgan fingerprint density at radius 1 is 1.29 bits per heavy atom. The van der Waals surface area contributed by atoms with Crippen LogP contribution < -0.4 is 0 Å².